The van der Waals surface area contributed by atoms with Gasteiger partial charge in [0.2, 0.25) is 0 Å². The Morgan fingerprint density at radius 3 is 2.11 bits per heavy atom. The minimum absolute atomic E-state index is 0.0999. The molecule has 0 aliphatic carbocycles. The third-order valence-corrected chi connectivity index (χ3v) is 5.21. The van der Waals surface area contributed by atoms with Crippen molar-refractivity contribution < 1.29 is 13.9 Å². The minimum atomic E-state index is -0.462. The van der Waals surface area contributed by atoms with Crippen LogP contribution in [-0.2, 0) is 4.79 Å². The molecule has 1 aromatic carbocycles. The summed E-state index contributed by atoms with van der Waals surface area (Å²) in [6.45, 7) is 4.45. The van der Waals surface area contributed by atoms with Crippen molar-refractivity contribution in [2.45, 2.75) is 12.8 Å². The van der Waals surface area contributed by atoms with Gasteiger partial charge in [0.25, 0.3) is 5.91 Å². The van der Waals surface area contributed by atoms with E-state index in [4.69, 9.17) is 4.74 Å². The monoisotopic (exact) mass is 385 g/mol. The number of carbonyl (C=O) groups is 1. The fourth-order valence-corrected chi connectivity index (χ4v) is 3.58. The number of amides is 1. The van der Waals surface area contributed by atoms with Gasteiger partial charge in [-0.3, -0.25) is 4.79 Å². The Bertz CT molecular complexity index is 802. The minimum Gasteiger partial charge on any atom is -0.481 e. The van der Waals surface area contributed by atoms with Crippen molar-refractivity contribution in [3.63, 3.8) is 0 Å². The molecule has 4 rings (SSSR count). The average molecular weight is 385 g/mol. The normalized spacial score (nSPS) is 17.1. The van der Waals surface area contributed by atoms with Gasteiger partial charge in [-0.15, -0.1) is 10.2 Å². The van der Waals surface area contributed by atoms with Crippen LogP contribution in [-0.4, -0.2) is 66.9 Å². The molecule has 2 aliphatic heterocycles. The van der Waals surface area contributed by atoms with E-state index in [1.54, 1.807) is 17.0 Å². The van der Waals surface area contributed by atoms with Gasteiger partial charge in [0.05, 0.1) is 0 Å². The molecule has 0 radical (unpaired) electrons. The fraction of sp³-hybridized carbons (Fsp3) is 0.450. The van der Waals surface area contributed by atoms with Gasteiger partial charge < -0.3 is 19.4 Å². The van der Waals surface area contributed by atoms with Crippen LogP contribution in [0, 0.1) is 5.82 Å². The predicted molar refractivity (Wildman–Crippen MR) is 104 cm³/mol. The average Bonchev–Trinajstić information content (AvgIpc) is 3.28. The highest BCUT2D eigenvalue weighted by Crippen LogP contribution is 2.20. The topological polar surface area (TPSA) is 61.8 Å². The number of piperazine rings is 1. The van der Waals surface area contributed by atoms with E-state index in [1.165, 1.54) is 25.0 Å². The van der Waals surface area contributed by atoms with Crippen LogP contribution in [0.3, 0.4) is 0 Å². The molecule has 0 N–H and O–H groups in total. The van der Waals surface area contributed by atoms with Crippen molar-refractivity contribution in [1.82, 2.24) is 15.1 Å². The maximum atomic E-state index is 13.6. The van der Waals surface area contributed by atoms with Gasteiger partial charge in [-0.1, -0.05) is 12.1 Å². The lowest BCUT2D eigenvalue weighted by Crippen LogP contribution is -2.50. The molecule has 2 aromatic rings. The van der Waals surface area contributed by atoms with Gasteiger partial charge in [-0.2, -0.15) is 0 Å². The summed E-state index contributed by atoms with van der Waals surface area (Å²) >= 11 is 0. The summed E-state index contributed by atoms with van der Waals surface area (Å²) in [5.41, 5.74) is 0. The Morgan fingerprint density at radius 1 is 0.893 bits per heavy atom. The van der Waals surface area contributed by atoms with E-state index in [2.05, 4.69) is 20.0 Å². The third-order valence-electron chi connectivity index (χ3n) is 5.21. The number of benzene rings is 1. The molecule has 2 fully saturated rings. The van der Waals surface area contributed by atoms with Crippen molar-refractivity contribution in [2.75, 3.05) is 55.7 Å². The van der Waals surface area contributed by atoms with Gasteiger partial charge in [0.1, 0.15) is 0 Å². The zero-order valence-electron chi connectivity index (χ0n) is 15.8. The second kappa shape index (κ2) is 8.41. The molecule has 1 aromatic heterocycles. The molecule has 0 unspecified atom stereocenters. The molecular weight excluding hydrogens is 361 g/mol. The number of nitrogens with zero attached hydrogens (tertiary/aromatic N) is 5. The summed E-state index contributed by atoms with van der Waals surface area (Å²) < 4.78 is 18.9. The zero-order chi connectivity index (χ0) is 19.3. The van der Waals surface area contributed by atoms with Crippen molar-refractivity contribution in [3.8, 4) is 5.75 Å². The van der Waals surface area contributed by atoms with E-state index in [-0.39, 0.29) is 18.3 Å². The van der Waals surface area contributed by atoms with Crippen molar-refractivity contribution in [3.05, 3.63) is 42.2 Å². The number of aromatic nitrogens is 2. The van der Waals surface area contributed by atoms with E-state index in [9.17, 15) is 9.18 Å². The number of para-hydroxylation sites is 1. The highest BCUT2D eigenvalue weighted by molar-refractivity contribution is 5.78. The first-order valence-corrected chi connectivity index (χ1v) is 9.69. The van der Waals surface area contributed by atoms with Gasteiger partial charge >= 0.3 is 0 Å². The summed E-state index contributed by atoms with van der Waals surface area (Å²) in [6, 6.07) is 10.1. The molecule has 0 saturated carbocycles. The van der Waals surface area contributed by atoms with Crippen LogP contribution in [0.5, 0.6) is 5.75 Å². The Balaban J connectivity index is 1.27. The Kier molecular flexibility index (Phi) is 5.55. The Morgan fingerprint density at radius 2 is 1.50 bits per heavy atom. The molecule has 0 spiro atoms. The molecule has 8 heteroatoms. The summed E-state index contributed by atoms with van der Waals surface area (Å²) in [7, 11) is 0. The van der Waals surface area contributed by atoms with Crippen LogP contribution in [0.1, 0.15) is 12.8 Å². The van der Waals surface area contributed by atoms with Crippen molar-refractivity contribution in [2.24, 2.45) is 0 Å². The van der Waals surface area contributed by atoms with E-state index < -0.39 is 5.82 Å². The predicted octanol–water partition coefficient (Wildman–Crippen LogP) is 1.94. The number of ether oxygens (including phenoxy) is 1. The fourth-order valence-electron chi connectivity index (χ4n) is 3.58. The van der Waals surface area contributed by atoms with E-state index in [0.29, 0.717) is 26.2 Å². The van der Waals surface area contributed by atoms with Crippen molar-refractivity contribution >= 4 is 17.5 Å². The molecule has 0 bridgehead atoms. The van der Waals surface area contributed by atoms with Crippen LogP contribution in [0.25, 0.3) is 0 Å². The number of halogens is 1. The maximum Gasteiger partial charge on any atom is 0.260 e. The van der Waals surface area contributed by atoms with Crippen LogP contribution in [0.15, 0.2) is 36.4 Å². The van der Waals surface area contributed by atoms with Gasteiger partial charge in [0, 0.05) is 39.3 Å². The lowest BCUT2D eigenvalue weighted by Gasteiger charge is -2.35. The van der Waals surface area contributed by atoms with Crippen LogP contribution in [0.2, 0.25) is 0 Å². The molecule has 3 heterocycles. The largest absolute Gasteiger partial charge is 0.481 e. The SMILES string of the molecule is O=C(COc1ccccc1F)N1CCN(c2ccc(N3CCCC3)nn2)CC1. The van der Waals surface area contributed by atoms with E-state index in [1.807, 2.05) is 12.1 Å². The third kappa shape index (κ3) is 4.16. The number of carbonyl (C=O) groups excluding carboxylic acids is 1. The van der Waals surface area contributed by atoms with Crippen LogP contribution >= 0.6 is 0 Å². The quantitative estimate of drug-likeness (QED) is 0.784. The summed E-state index contributed by atoms with van der Waals surface area (Å²) in [6.07, 6.45) is 2.42. The second-order valence-corrected chi connectivity index (χ2v) is 7.03. The lowest BCUT2D eigenvalue weighted by atomic mass is 10.3. The first kappa shape index (κ1) is 18.5. The highest BCUT2D eigenvalue weighted by atomic mass is 19.1. The highest BCUT2D eigenvalue weighted by Gasteiger charge is 2.23. The Hall–Kier alpha value is -2.90. The number of anilines is 2. The summed E-state index contributed by atoms with van der Waals surface area (Å²) in [5, 5.41) is 8.73. The molecule has 28 heavy (non-hydrogen) atoms. The zero-order valence-corrected chi connectivity index (χ0v) is 15.8. The second-order valence-electron chi connectivity index (χ2n) is 7.03. The van der Waals surface area contributed by atoms with Gasteiger partial charge in [-0.25, -0.2) is 4.39 Å². The summed E-state index contributed by atoms with van der Waals surface area (Å²) in [5.74, 6) is 1.26. The molecule has 1 amide bonds. The lowest BCUT2D eigenvalue weighted by molar-refractivity contribution is -0.133. The summed E-state index contributed by atoms with van der Waals surface area (Å²) in [4.78, 5) is 18.5. The molecule has 0 atom stereocenters. The first-order valence-electron chi connectivity index (χ1n) is 9.69. The smallest absolute Gasteiger partial charge is 0.260 e. The molecule has 7 nitrogen and oxygen atoms in total. The van der Waals surface area contributed by atoms with E-state index in [0.717, 1.165) is 24.7 Å². The first-order chi connectivity index (χ1) is 13.7. The van der Waals surface area contributed by atoms with E-state index >= 15 is 0 Å². The maximum absolute atomic E-state index is 13.6. The van der Waals surface area contributed by atoms with Crippen LogP contribution in [0.4, 0.5) is 16.0 Å². The molecule has 2 saturated heterocycles. The van der Waals surface area contributed by atoms with Crippen molar-refractivity contribution in [1.29, 1.82) is 0 Å². The number of rotatable bonds is 5. The van der Waals surface area contributed by atoms with Gasteiger partial charge in [0.15, 0.2) is 29.8 Å². The van der Waals surface area contributed by atoms with Gasteiger partial charge in [-0.05, 0) is 37.1 Å². The molecular formula is C20H24FN5O2. The Labute approximate surface area is 163 Å². The molecule has 148 valence electrons. The standard InChI is InChI=1S/C20H24FN5O2/c21-16-5-1-2-6-17(16)28-15-20(27)26-13-11-25(12-14-26)19-8-7-18(22-23-19)24-9-3-4-10-24/h1-2,5-8H,3-4,9-15H2. The molecule has 2 aliphatic rings. The van der Waals surface area contributed by atoms with Crippen LogP contribution < -0.4 is 14.5 Å². The number of hydrogen-bond acceptors (Lipinski definition) is 6. The number of hydrogen-bond donors (Lipinski definition) is 0.